The summed E-state index contributed by atoms with van der Waals surface area (Å²) in [7, 11) is 0. The average Bonchev–Trinajstić information content (AvgIpc) is 2.50. The number of carbonyl (C=O) groups excluding carboxylic acids is 1. The summed E-state index contributed by atoms with van der Waals surface area (Å²) >= 11 is 11.8. The van der Waals surface area contributed by atoms with Gasteiger partial charge in [-0.2, -0.15) is 0 Å². The minimum Gasteiger partial charge on any atom is -0.480 e. The number of aryl methyl sites for hydroxylation is 1. The number of benzene rings is 2. The monoisotopic (exact) mass is 337 g/mol. The SMILES string of the molecule is CC[C@@H](Oc1ccccc1C)C(=O)Nc1ccc(Cl)c(Cl)c1. The summed E-state index contributed by atoms with van der Waals surface area (Å²) in [4.78, 5) is 12.3. The lowest BCUT2D eigenvalue weighted by Crippen LogP contribution is -2.32. The van der Waals surface area contributed by atoms with E-state index in [0.29, 0.717) is 27.9 Å². The standard InChI is InChI=1S/C17H17Cl2NO2/c1-3-15(22-16-7-5-4-6-11(16)2)17(21)20-12-8-9-13(18)14(19)10-12/h4-10,15H,3H2,1-2H3,(H,20,21)/t15-/m1/s1. The van der Waals surface area contributed by atoms with Gasteiger partial charge in [0.15, 0.2) is 6.10 Å². The Morgan fingerprint density at radius 3 is 2.55 bits per heavy atom. The molecule has 2 aromatic carbocycles. The van der Waals surface area contributed by atoms with Gasteiger partial charge in [0.25, 0.3) is 5.91 Å². The number of hydrogen-bond acceptors (Lipinski definition) is 2. The highest BCUT2D eigenvalue weighted by Crippen LogP contribution is 2.25. The first kappa shape index (κ1) is 16.7. The van der Waals surface area contributed by atoms with Gasteiger partial charge in [-0.25, -0.2) is 0 Å². The molecule has 0 saturated carbocycles. The number of carbonyl (C=O) groups is 1. The molecular weight excluding hydrogens is 321 g/mol. The van der Waals surface area contributed by atoms with Crippen molar-refractivity contribution in [2.45, 2.75) is 26.4 Å². The van der Waals surface area contributed by atoms with E-state index in [2.05, 4.69) is 5.32 Å². The van der Waals surface area contributed by atoms with Crippen molar-refractivity contribution >= 4 is 34.8 Å². The molecule has 1 atom stereocenters. The molecule has 5 heteroatoms. The molecule has 116 valence electrons. The Bertz CT molecular complexity index is 673. The maximum absolute atomic E-state index is 12.3. The molecule has 2 aromatic rings. The highest BCUT2D eigenvalue weighted by atomic mass is 35.5. The number of nitrogens with one attached hydrogen (secondary N) is 1. The van der Waals surface area contributed by atoms with Crippen molar-refractivity contribution in [1.82, 2.24) is 0 Å². The summed E-state index contributed by atoms with van der Waals surface area (Å²) in [6, 6.07) is 12.6. The topological polar surface area (TPSA) is 38.3 Å². The highest BCUT2D eigenvalue weighted by molar-refractivity contribution is 6.42. The number of amides is 1. The lowest BCUT2D eigenvalue weighted by atomic mass is 10.2. The van der Waals surface area contributed by atoms with Gasteiger partial charge < -0.3 is 10.1 Å². The molecule has 0 unspecified atom stereocenters. The first-order chi connectivity index (χ1) is 10.5. The maximum Gasteiger partial charge on any atom is 0.265 e. The predicted molar refractivity (Wildman–Crippen MR) is 91.0 cm³/mol. The number of para-hydroxylation sites is 1. The van der Waals surface area contributed by atoms with Gasteiger partial charge >= 0.3 is 0 Å². The number of rotatable bonds is 5. The van der Waals surface area contributed by atoms with Gasteiger partial charge in [0.05, 0.1) is 10.0 Å². The Labute approximate surface area is 140 Å². The Balaban J connectivity index is 2.08. The summed E-state index contributed by atoms with van der Waals surface area (Å²) in [5.74, 6) is 0.489. The second-order valence-electron chi connectivity index (χ2n) is 4.90. The van der Waals surface area contributed by atoms with Crippen molar-refractivity contribution in [3.8, 4) is 5.75 Å². The van der Waals surface area contributed by atoms with Crippen molar-refractivity contribution in [2.75, 3.05) is 5.32 Å². The van der Waals surface area contributed by atoms with E-state index in [1.165, 1.54) is 0 Å². The molecule has 1 N–H and O–H groups in total. The van der Waals surface area contributed by atoms with Gasteiger partial charge in [0, 0.05) is 5.69 Å². The molecule has 0 aliphatic rings. The van der Waals surface area contributed by atoms with Crippen LogP contribution < -0.4 is 10.1 Å². The summed E-state index contributed by atoms with van der Waals surface area (Å²) < 4.78 is 5.81. The van der Waals surface area contributed by atoms with E-state index in [1.54, 1.807) is 18.2 Å². The van der Waals surface area contributed by atoms with Crippen molar-refractivity contribution in [2.24, 2.45) is 0 Å². The quantitative estimate of drug-likeness (QED) is 0.824. The maximum atomic E-state index is 12.3. The highest BCUT2D eigenvalue weighted by Gasteiger charge is 2.19. The molecule has 1 amide bonds. The largest absolute Gasteiger partial charge is 0.480 e. The molecule has 0 radical (unpaired) electrons. The zero-order valence-electron chi connectivity index (χ0n) is 12.4. The molecule has 0 spiro atoms. The molecule has 2 rings (SSSR count). The van der Waals surface area contributed by atoms with Gasteiger partial charge in [-0.1, -0.05) is 48.3 Å². The Kier molecular flexibility index (Phi) is 5.69. The van der Waals surface area contributed by atoms with Crippen LogP contribution in [0.1, 0.15) is 18.9 Å². The van der Waals surface area contributed by atoms with Crippen molar-refractivity contribution in [3.63, 3.8) is 0 Å². The fourth-order valence-corrected chi connectivity index (χ4v) is 2.26. The zero-order chi connectivity index (χ0) is 16.1. The molecular formula is C17H17Cl2NO2. The van der Waals surface area contributed by atoms with E-state index in [1.807, 2.05) is 38.1 Å². The fraction of sp³-hybridized carbons (Fsp3) is 0.235. The summed E-state index contributed by atoms with van der Waals surface area (Å²) in [5, 5.41) is 3.64. The van der Waals surface area contributed by atoms with Gasteiger partial charge in [0.2, 0.25) is 0 Å². The molecule has 0 heterocycles. The summed E-state index contributed by atoms with van der Waals surface area (Å²) in [5.41, 5.74) is 1.58. The van der Waals surface area contributed by atoms with E-state index in [4.69, 9.17) is 27.9 Å². The molecule has 0 saturated heterocycles. The van der Waals surface area contributed by atoms with Crippen molar-refractivity contribution in [3.05, 3.63) is 58.1 Å². The van der Waals surface area contributed by atoms with E-state index < -0.39 is 6.10 Å². The second-order valence-corrected chi connectivity index (χ2v) is 5.71. The second kappa shape index (κ2) is 7.52. The molecule has 0 aliphatic carbocycles. The smallest absolute Gasteiger partial charge is 0.265 e. The number of hydrogen-bond donors (Lipinski definition) is 1. The third-order valence-corrected chi connectivity index (χ3v) is 3.95. The lowest BCUT2D eigenvalue weighted by Gasteiger charge is -2.18. The number of halogens is 2. The minimum atomic E-state index is -0.574. The average molecular weight is 338 g/mol. The predicted octanol–water partition coefficient (Wildman–Crippen LogP) is 5.10. The number of anilines is 1. The third kappa shape index (κ3) is 4.15. The summed E-state index contributed by atoms with van der Waals surface area (Å²) in [6.45, 7) is 3.84. The van der Waals surface area contributed by atoms with Crippen molar-refractivity contribution in [1.29, 1.82) is 0 Å². The Morgan fingerprint density at radius 1 is 1.18 bits per heavy atom. The molecule has 0 aromatic heterocycles. The Morgan fingerprint density at radius 2 is 1.91 bits per heavy atom. The van der Waals surface area contributed by atoms with Crippen LogP contribution >= 0.6 is 23.2 Å². The third-order valence-electron chi connectivity index (χ3n) is 3.21. The molecule has 0 bridgehead atoms. The Hall–Kier alpha value is -1.71. The van der Waals surface area contributed by atoms with Gasteiger partial charge in [-0.3, -0.25) is 4.79 Å². The summed E-state index contributed by atoms with van der Waals surface area (Å²) in [6.07, 6.45) is -0.0165. The number of ether oxygens (including phenoxy) is 1. The first-order valence-electron chi connectivity index (χ1n) is 6.99. The van der Waals surface area contributed by atoms with E-state index >= 15 is 0 Å². The first-order valence-corrected chi connectivity index (χ1v) is 7.75. The van der Waals surface area contributed by atoms with E-state index in [-0.39, 0.29) is 5.91 Å². The van der Waals surface area contributed by atoms with Crippen LogP contribution in [0.4, 0.5) is 5.69 Å². The zero-order valence-corrected chi connectivity index (χ0v) is 13.9. The van der Waals surface area contributed by atoms with Gasteiger partial charge in [-0.05, 0) is 43.2 Å². The lowest BCUT2D eigenvalue weighted by molar-refractivity contribution is -0.122. The molecule has 0 aliphatic heterocycles. The molecule has 3 nitrogen and oxygen atoms in total. The van der Waals surface area contributed by atoms with Crippen LogP contribution in [0.25, 0.3) is 0 Å². The fourth-order valence-electron chi connectivity index (χ4n) is 1.96. The van der Waals surface area contributed by atoms with Crippen LogP contribution in [0.3, 0.4) is 0 Å². The van der Waals surface area contributed by atoms with Crippen LogP contribution in [-0.4, -0.2) is 12.0 Å². The minimum absolute atomic E-state index is 0.218. The molecule has 22 heavy (non-hydrogen) atoms. The van der Waals surface area contributed by atoms with E-state index in [0.717, 1.165) is 5.56 Å². The molecule has 0 fully saturated rings. The van der Waals surface area contributed by atoms with Gasteiger partial charge in [-0.15, -0.1) is 0 Å². The van der Waals surface area contributed by atoms with E-state index in [9.17, 15) is 4.79 Å². The van der Waals surface area contributed by atoms with Crippen LogP contribution in [0.15, 0.2) is 42.5 Å². The van der Waals surface area contributed by atoms with Crippen LogP contribution in [-0.2, 0) is 4.79 Å². The van der Waals surface area contributed by atoms with Crippen LogP contribution in [0.5, 0.6) is 5.75 Å². The van der Waals surface area contributed by atoms with Crippen molar-refractivity contribution < 1.29 is 9.53 Å². The van der Waals surface area contributed by atoms with Gasteiger partial charge in [0.1, 0.15) is 5.75 Å². The van der Waals surface area contributed by atoms with Crippen LogP contribution in [0.2, 0.25) is 10.0 Å². The normalized spacial score (nSPS) is 11.8. The van der Waals surface area contributed by atoms with Crippen LogP contribution in [0, 0.1) is 6.92 Å².